The number of nitrogens with zero attached hydrogens (tertiary/aromatic N) is 4. The van der Waals surface area contributed by atoms with Gasteiger partial charge in [-0.25, -0.2) is 8.91 Å². The fourth-order valence-corrected chi connectivity index (χ4v) is 3.83. The average molecular weight is 397 g/mol. The summed E-state index contributed by atoms with van der Waals surface area (Å²) in [6, 6.07) is 9.07. The summed E-state index contributed by atoms with van der Waals surface area (Å²) in [7, 11) is 0. The van der Waals surface area contributed by atoms with E-state index in [9.17, 15) is 14.0 Å². The molecule has 0 atom stereocenters. The second-order valence-electron chi connectivity index (χ2n) is 6.37. The molecule has 0 aliphatic rings. The number of anilines is 1. The van der Waals surface area contributed by atoms with Crippen LogP contribution in [0.4, 0.5) is 10.3 Å². The number of thiazole rings is 1. The van der Waals surface area contributed by atoms with Crippen molar-refractivity contribution in [2.24, 2.45) is 0 Å². The van der Waals surface area contributed by atoms with Crippen molar-refractivity contribution in [3.63, 3.8) is 0 Å². The summed E-state index contributed by atoms with van der Waals surface area (Å²) in [6.45, 7) is 3.61. The van der Waals surface area contributed by atoms with Crippen LogP contribution in [0, 0.1) is 19.7 Å². The highest BCUT2D eigenvalue weighted by atomic mass is 32.1. The van der Waals surface area contributed by atoms with Crippen LogP contribution in [0.2, 0.25) is 0 Å². The second kappa shape index (κ2) is 7.01. The predicted octanol–water partition coefficient (Wildman–Crippen LogP) is 3.01. The Balaban J connectivity index is 1.56. The van der Waals surface area contributed by atoms with E-state index in [1.807, 2.05) is 5.38 Å². The van der Waals surface area contributed by atoms with Crippen molar-refractivity contribution in [2.45, 2.75) is 20.4 Å². The molecular formula is C19H16FN5O2S. The Kier molecular flexibility index (Phi) is 4.52. The molecule has 1 aromatic carbocycles. The highest BCUT2D eigenvalue weighted by molar-refractivity contribution is 7.15. The topological polar surface area (TPSA) is 81.3 Å². The van der Waals surface area contributed by atoms with Gasteiger partial charge in [0.15, 0.2) is 5.43 Å². The number of amides is 1. The molecule has 0 aliphatic heterocycles. The number of aryl methyl sites for hydroxylation is 2. The lowest BCUT2D eigenvalue weighted by Crippen LogP contribution is -2.23. The van der Waals surface area contributed by atoms with Crippen molar-refractivity contribution in [3.8, 4) is 11.3 Å². The van der Waals surface area contributed by atoms with E-state index in [0.29, 0.717) is 16.3 Å². The van der Waals surface area contributed by atoms with Gasteiger partial charge < -0.3 is 4.57 Å². The number of benzene rings is 1. The molecule has 0 spiro atoms. The molecule has 0 radical (unpaired) electrons. The molecule has 7 nitrogen and oxygen atoms in total. The number of pyridine rings is 1. The lowest BCUT2D eigenvalue weighted by molar-refractivity contribution is -0.116. The molecule has 0 saturated carbocycles. The van der Waals surface area contributed by atoms with Crippen LogP contribution in [-0.2, 0) is 11.3 Å². The van der Waals surface area contributed by atoms with Crippen LogP contribution in [0.1, 0.15) is 11.4 Å². The molecule has 9 heteroatoms. The van der Waals surface area contributed by atoms with E-state index in [0.717, 1.165) is 11.3 Å². The van der Waals surface area contributed by atoms with Gasteiger partial charge in [0.2, 0.25) is 10.9 Å². The lowest BCUT2D eigenvalue weighted by atomic mass is 10.2. The quantitative estimate of drug-likeness (QED) is 0.574. The zero-order chi connectivity index (χ0) is 19.8. The number of hydrogen-bond donors (Lipinski definition) is 1. The van der Waals surface area contributed by atoms with Gasteiger partial charge >= 0.3 is 0 Å². The van der Waals surface area contributed by atoms with E-state index in [2.05, 4.69) is 15.4 Å². The molecule has 0 aliphatic carbocycles. The molecule has 3 aromatic heterocycles. The lowest BCUT2D eigenvalue weighted by Gasteiger charge is -2.13. The summed E-state index contributed by atoms with van der Waals surface area (Å²) in [4.78, 5) is 28.9. The molecule has 3 heterocycles. The highest BCUT2D eigenvalue weighted by Gasteiger charge is 2.14. The van der Waals surface area contributed by atoms with Gasteiger partial charge in [0, 0.05) is 34.5 Å². The van der Waals surface area contributed by atoms with Crippen molar-refractivity contribution in [2.75, 3.05) is 5.32 Å². The molecule has 0 bridgehead atoms. The van der Waals surface area contributed by atoms with Crippen LogP contribution in [0.15, 0.2) is 46.6 Å². The van der Waals surface area contributed by atoms with Crippen molar-refractivity contribution in [1.29, 1.82) is 0 Å². The first-order chi connectivity index (χ1) is 13.4. The Bertz CT molecular complexity index is 1210. The van der Waals surface area contributed by atoms with Crippen molar-refractivity contribution >= 4 is 28.2 Å². The van der Waals surface area contributed by atoms with E-state index >= 15 is 0 Å². The molecule has 0 saturated heterocycles. The number of aromatic nitrogens is 4. The summed E-state index contributed by atoms with van der Waals surface area (Å²) in [5.41, 5.74) is 2.89. The fraction of sp³-hybridized carbons (Fsp3) is 0.158. The van der Waals surface area contributed by atoms with Gasteiger partial charge in [-0.3, -0.25) is 14.9 Å². The molecule has 142 valence electrons. The van der Waals surface area contributed by atoms with E-state index in [1.165, 1.54) is 35.6 Å². The van der Waals surface area contributed by atoms with Crippen LogP contribution >= 0.6 is 11.3 Å². The number of halogens is 1. The minimum absolute atomic E-state index is 0.0512. The molecule has 4 aromatic rings. The molecule has 1 amide bonds. The molecule has 28 heavy (non-hydrogen) atoms. The zero-order valence-electron chi connectivity index (χ0n) is 15.1. The summed E-state index contributed by atoms with van der Waals surface area (Å²) >= 11 is 1.38. The summed E-state index contributed by atoms with van der Waals surface area (Å²) < 4.78 is 16.5. The average Bonchev–Trinajstić information content (AvgIpc) is 3.19. The summed E-state index contributed by atoms with van der Waals surface area (Å²) in [5.74, 6) is -0.414. The molecule has 0 fully saturated rings. The fourth-order valence-electron chi connectivity index (χ4n) is 3.00. The SMILES string of the molecule is Cc1cc(=O)cc(C)n1CC(=O)Nc1nc2scc(-c3ccc(F)cc3)n2n1. The van der Waals surface area contributed by atoms with Crippen LogP contribution < -0.4 is 10.7 Å². The van der Waals surface area contributed by atoms with Gasteiger partial charge in [0.25, 0.3) is 5.95 Å². The zero-order valence-corrected chi connectivity index (χ0v) is 16.0. The Hall–Kier alpha value is -3.33. The largest absolute Gasteiger partial charge is 0.340 e. The number of nitrogens with one attached hydrogen (secondary N) is 1. The van der Waals surface area contributed by atoms with Crippen LogP contribution in [0.3, 0.4) is 0 Å². The van der Waals surface area contributed by atoms with Gasteiger partial charge in [-0.2, -0.15) is 4.98 Å². The van der Waals surface area contributed by atoms with Crippen molar-refractivity contribution in [1.82, 2.24) is 19.2 Å². The maximum Gasteiger partial charge on any atom is 0.250 e. The van der Waals surface area contributed by atoms with Crippen LogP contribution in [0.5, 0.6) is 0 Å². The molecule has 4 rings (SSSR count). The molecular weight excluding hydrogens is 381 g/mol. The first kappa shape index (κ1) is 18.1. The Morgan fingerprint density at radius 2 is 1.86 bits per heavy atom. The predicted molar refractivity (Wildman–Crippen MR) is 105 cm³/mol. The molecule has 0 unspecified atom stereocenters. The standard InChI is InChI=1S/C19H16FN5O2S/c1-11-7-15(26)8-12(2)24(11)9-17(27)21-18-22-19-25(23-18)16(10-28-19)13-3-5-14(20)6-4-13/h3-8,10H,9H2,1-2H3,(H,21,23,27). The summed E-state index contributed by atoms with van der Waals surface area (Å²) in [5, 5.41) is 8.91. The monoisotopic (exact) mass is 397 g/mol. The van der Waals surface area contributed by atoms with Gasteiger partial charge in [0.1, 0.15) is 12.4 Å². The third-order valence-electron chi connectivity index (χ3n) is 4.33. The van der Waals surface area contributed by atoms with Gasteiger partial charge in [-0.15, -0.1) is 16.4 Å². The first-order valence-electron chi connectivity index (χ1n) is 8.49. The van der Waals surface area contributed by atoms with Crippen LogP contribution in [0.25, 0.3) is 16.2 Å². The van der Waals surface area contributed by atoms with Gasteiger partial charge in [-0.05, 0) is 38.1 Å². The number of fused-ring (bicyclic) bond motifs is 1. The first-order valence-corrected chi connectivity index (χ1v) is 9.37. The van der Waals surface area contributed by atoms with E-state index in [-0.39, 0.29) is 29.6 Å². The minimum Gasteiger partial charge on any atom is -0.340 e. The second-order valence-corrected chi connectivity index (χ2v) is 7.20. The third kappa shape index (κ3) is 3.44. The number of carbonyl (C=O) groups excluding carboxylic acids is 1. The summed E-state index contributed by atoms with van der Waals surface area (Å²) in [6.07, 6.45) is 0. The smallest absolute Gasteiger partial charge is 0.250 e. The minimum atomic E-state index is -0.310. The van der Waals surface area contributed by atoms with E-state index in [4.69, 9.17) is 0 Å². The van der Waals surface area contributed by atoms with Crippen molar-refractivity contribution in [3.05, 3.63) is 69.2 Å². The molecule has 1 N–H and O–H groups in total. The number of hydrogen-bond acceptors (Lipinski definition) is 5. The third-order valence-corrected chi connectivity index (χ3v) is 5.14. The number of carbonyl (C=O) groups is 1. The highest BCUT2D eigenvalue weighted by Crippen LogP contribution is 2.26. The van der Waals surface area contributed by atoms with E-state index < -0.39 is 0 Å². The van der Waals surface area contributed by atoms with Gasteiger partial charge in [-0.1, -0.05) is 0 Å². The maximum absolute atomic E-state index is 13.1. The van der Waals surface area contributed by atoms with Gasteiger partial charge in [0.05, 0.1) is 5.69 Å². The van der Waals surface area contributed by atoms with Crippen molar-refractivity contribution < 1.29 is 9.18 Å². The Labute approximate surface area is 163 Å². The Morgan fingerprint density at radius 3 is 2.54 bits per heavy atom. The number of rotatable bonds is 4. The Morgan fingerprint density at radius 1 is 1.18 bits per heavy atom. The van der Waals surface area contributed by atoms with E-state index in [1.54, 1.807) is 35.1 Å². The normalized spacial score (nSPS) is 11.1. The van der Waals surface area contributed by atoms with Crippen LogP contribution in [-0.4, -0.2) is 25.1 Å². The maximum atomic E-state index is 13.1.